The molecule has 0 rings (SSSR count). The van der Waals surface area contributed by atoms with Gasteiger partial charge in [0.2, 0.25) is 5.90 Å². The molecule has 0 aromatic heterocycles. The van der Waals surface area contributed by atoms with Crippen LogP contribution in [0.3, 0.4) is 0 Å². The Morgan fingerprint density at radius 3 is 2.40 bits per heavy atom. The molecule has 0 amide bonds. The minimum Gasteiger partial charge on any atom is -0.481 e. The minimum atomic E-state index is 0.626. The lowest BCUT2D eigenvalue weighted by Gasteiger charge is -1.93. The largest absolute Gasteiger partial charge is 0.481 e. The van der Waals surface area contributed by atoms with Gasteiger partial charge in [0.25, 0.3) is 0 Å². The molecule has 0 aliphatic carbocycles. The Bertz CT molecular complexity index is 157. The summed E-state index contributed by atoms with van der Waals surface area (Å²) in [5, 5.41) is 0. The highest BCUT2D eigenvalue weighted by Crippen LogP contribution is 1.84. The van der Waals surface area contributed by atoms with E-state index >= 15 is 0 Å². The average Bonchev–Trinajstić information content (AvgIpc) is 1.98. The molecule has 0 saturated carbocycles. The van der Waals surface area contributed by atoms with E-state index < -0.39 is 0 Å². The smallest absolute Gasteiger partial charge is 0.212 e. The van der Waals surface area contributed by atoms with Crippen molar-refractivity contribution in [3.05, 3.63) is 24.4 Å². The third kappa shape index (κ3) is 3.89. The maximum Gasteiger partial charge on any atom is 0.212 e. The van der Waals surface area contributed by atoms with E-state index in [9.17, 15) is 0 Å². The minimum absolute atomic E-state index is 0.626. The highest BCUT2D eigenvalue weighted by atomic mass is 16.5. The first-order chi connectivity index (χ1) is 4.85. The first-order valence-corrected chi connectivity index (χ1v) is 3.20. The molecular weight excluding hydrogens is 126 g/mol. The topological polar surface area (TPSA) is 21.6 Å². The molecule has 0 aliphatic heterocycles. The van der Waals surface area contributed by atoms with Crippen molar-refractivity contribution in [3.8, 4) is 0 Å². The first-order valence-electron chi connectivity index (χ1n) is 3.20. The van der Waals surface area contributed by atoms with Gasteiger partial charge < -0.3 is 4.74 Å². The zero-order valence-electron chi connectivity index (χ0n) is 6.66. The van der Waals surface area contributed by atoms with Crippen LogP contribution in [0.25, 0.3) is 0 Å². The van der Waals surface area contributed by atoms with Gasteiger partial charge in [-0.15, -0.1) is 0 Å². The van der Waals surface area contributed by atoms with Crippen molar-refractivity contribution in [2.24, 2.45) is 4.99 Å². The van der Waals surface area contributed by atoms with Crippen molar-refractivity contribution in [1.82, 2.24) is 0 Å². The van der Waals surface area contributed by atoms with Crippen LogP contribution in [0.5, 0.6) is 0 Å². The molecule has 2 nitrogen and oxygen atoms in total. The summed E-state index contributed by atoms with van der Waals surface area (Å²) in [4.78, 5) is 3.98. The Hall–Kier alpha value is -1.05. The molecule has 0 N–H and O–H groups in total. The first kappa shape index (κ1) is 8.95. The van der Waals surface area contributed by atoms with Gasteiger partial charge >= 0.3 is 0 Å². The Morgan fingerprint density at radius 1 is 1.30 bits per heavy atom. The summed E-state index contributed by atoms with van der Waals surface area (Å²) in [5.74, 6) is 0.626. The molecule has 2 heteroatoms. The number of nitrogens with zero attached hydrogens (tertiary/aromatic N) is 1. The van der Waals surface area contributed by atoms with Gasteiger partial charge in [-0.05, 0) is 19.9 Å². The molecule has 0 aliphatic rings. The lowest BCUT2D eigenvalue weighted by atomic mass is 10.5. The number of aliphatic imine (C=N–C) groups is 1. The summed E-state index contributed by atoms with van der Waals surface area (Å²) in [5.41, 5.74) is 0. The van der Waals surface area contributed by atoms with Crippen LogP contribution in [0.4, 0.5) is 0 Å². The Labute approximate surface area is 61.9 Å². The maximum absolute atomic E-state index is 4.90. The maximum atomic E-state index is 4.90. The molecule has 0 unspecified atom stereocenters. The quantitative estimate of drug-likeness (QED) is 0.424. The second kappa shape index (κ2) is 6.08. The molecule has 0 spiro atoms. The monoisotopic (exact) mass is 139 g/mol. The fourth-order valence-corrected chi connectivity index (χ4v) is 0.454. The SMILES string of the molecule is C\C=C/N=C(\C=C/C)OC. The molecule has 10 heavy (non-hydrogen) atoms. The van der Waals surface area contributed by atoms with Crippen molar-refractivity contribution in [1.29, 1.82) is 0 Å². The summed E-state index contributed by atoms with van der Waals surface area (Å²) in [6.07, 6.45) is 7.23. The number of hydrogen-bond donors (Lipinski definition) is 0. The third-order valence-corrected chi connectivity index (χ3v) is 0.869. The van der Waals surface area contributed by atoms with Crippen LogP contribution >= 0.6 is 0 Å². The van der Waals surface area contributed by atoms with Gasteiger partial charge in [-0.1, -0.05) is 12.2 Å². The van der Waals surface area contributed by atoms with E-state index in [-0.39, 0.29) is 0 Å². The lowest BCUT2D eigenvalue weighted by molar-refractivity contribution is 0.407. The number of ether oxygens (including phenoxy) is 1. The van der Waals surface area contributed by atoms with Gasteiger partial charge in [-0.2, -0.15) is 0 Å². The number of methoxy groups -OCH3 is 1. The molecule has 0 radical (unpaired) electrons. The van der Waals surface area contributed by atoms with E-state index in [0.717, 1.165) is 0 Å². The second-order valence-corrected chi connectivity index (χ2v) is 1.65. The van der Waals surface area contributed by atoms with Crippen LogP contribution in [0, 0.1) is 0 Å². The van der Waals surface area contributed by atoms with E-state index in [4.69, 9.17) is 4.74 Å². The standard InChI is InChI=1S/C8H13NO/c1-4-6-8(10-3)9-7-5-2/h4-7H,1-3H3/b6-4-,7-5-,9-8+. The molecule has 0 fully saturated rings. The zero-order valence-corrected chi connectivity index (χ0v) is 6.66. The van der Waals surface area contributed by atoms with Crippen molar-refractivity contribution >= 4 is 5.90 Å². The van der Waals surface area contributed by atoms with Crippen LogP contribution in [-0.4, -0.2) is 13.0 Å². The third-order valence-electron chi connectivity index (χ3n) is 0.869. The Balaban J connectivity index is 4.04. The fourth-order valence-electron chi connectivity index (χ4n) is 0.454. The summed E-state index contributed by atoms with van der Waals surface area (Å²) in [6.45, 7) is 3.83. The van der Waals surface area contributed by atoms with E-state index in [1.165, 1.54) is 0 Å². The van der Waals surface area contributed by atoms with E-state index in [1.807, 2.05) is 26.0 Å². The fraction of sp³-hybridized carbons (Fsp3) is 0.375. The molecule has 56 valence electrons. The van der Waals surface area contributed by atoms with Crippen LogP contribution < -0.4 is 0 Å². The van der Waals surface area contributed by atoms with E-state index in [1.54, 1.807) is 19.4 Å². The van der Waals surface area contributed by atoms with Crippen molar-refractivity contribution in [3.63, 3.8) is 0 Å². The van der Waals surface area contributed by atoms with Crippen molar-refractivity contribution in [2.45, 2.75) is 13.8 Å². The molecular formula is C8H13NO. The second-order valence-electron chi connectivity index (χ2n) is 1.65. The Kier molecular flexibility index (Phi) is 5.44. The number of allylic oxidation sites excluding steroid dienone is 2. The summed E-state index contributed by atoms with van der Waals surface area (Å²) in [7, 11) is 1.60. The van der Waals surface area contributed by atoms with Crippen LogP contribution in [0.1, 0.15) is 13.8 Å². The Morgan fingerprint density at radius 2 is 2.00 bits per heavy atom. The highest BCUT2D eigenvalue weighted by Gasteiger charge is 1.84. The molecule has 0 saturated heterocycles. The molecule has 0 aromatic carbocycles. The van der Waals surface area contributed by atoms with Crippen LogP contribution in [-0.2, 0) is 4.74 Å². The molecule has 0 atom stereocenters. The number of hydrogen-bond acceptors (Lipinski definition) is 2. The summed E-state index contributed by atoms with van der Waals surface area (Å²) < 4.78 is 4.90. The molecule has 0 aromatic rings. The average molecular weight is 139 g/mol. The summed E-state index contributed by atoms with van der Waals surface area (Å²) >= 11 is 0. The van der Waals surface area contributed by atoms with Gasteiger partial charge in [0.05, 0.1) is 7.11 Å². The highest BCUT2D eigenvalue weighted by molar-refractivity contribution is 5.87. The van der Waals surface area contributed by atoms with Crippen LogP contribution in [0.2, 0.25) is 0 Å². The van der Waals surface area contributed by atoms with Gasteiger partial charge in [-0.3, -0.25) is 0 Å². The summed E-state index contributed by atoms with van der Waals surface area (Å²) in [6, 6.07) is 0. The van der Waals surface area contributed by atoms with Crippen molar-refractivity contribution < 1.29 is 4.74 Å². The van der Waals surface area contributed by atoms with Gasteiger partial charge in [0, 0.05) is 6.20 Å². The zero-order chi connectivity index (χ0) is 7.82. The van der Waals surface area contributed by atoms with Gasteiger partial charge in [-0.25, -0.2) is 4.99 Å². The van der Waals surface area contributed by atoms with Gasteiger partial charge in [0.15, 0.2) is 0 Å². The number of rotatable bonds is 2. The van der Waals surface area contributed by atoms with Gasteiger partial charge in [0.1, 0.15) is 0 Å². The van der Waals surface area contributed by atoms with E-state index in [0.29, 0.717) is 5.90 Å². The normalized spacial score (nSPS) is 13.3. The van der Waals surface area contributed by atoms with Crippen molar-refractivity contribution in [2.75, 3.05) is 7.11 Å². The predicted octanol–water partition coefficient (Wildman–Crippen LogP) is 2.14. The lowest BCUT2D eigenvalue weighted by Crippen LogP contribution is -1.93. The van der Waals surface area contributed by atoms with Crippen LogP contribution in [0.15, 0.2) is 29.4 Å². The predicted molar refractivity (Wildman–Crippen MR) is 44.1 cm³/mol. The molecule has 0 heterocycles. The van der Waals surface area contributed by atoms with E-state index in [2.05, 4.69) is 4.99 Å². The molecule has 0 bridgehead atoms.